The van der Waals surface area contributed by atoms with E-state index in [1.54, 1.807) is 5.67 Å². The number of rotatable bonds is 0. The van der Waals surface area contributed by atoms with Crippen molar-refractivity contribution in [3.8, 4) is 0 Å². The zero-order chi connectivity index (χ0) is 4.28. The Morgan fingerprint density at radius 1 is 1.60 bits per heavy atom. The molecule has 0 aliphatic carbocycles. The minimum atomic E-state index is -1.05. The van der Waals surface area contributed by atoms with Gasteiger partial charge in [0.1, 0.15) is 0 Å². The Balaban J connectivity index is 3.14. The van der Waals surface area contributed by atoms with Crippen molar-refractivity contribution in [2.24, 2.45) is 0 Å². The van der Waals surface area contributed by atoms with Gasteiger partial charge in [-0.15, -0.1) is 22.2 Å². The summed E-state index contributed by atoms with van der Waals surface area (Å²) < 4.78 is 0. The molecule has 0 saturated carbocycles. The highest BCUT2D eigenvalue weighted by atomic mass is 35.7. The fourth-order valence-corrected chi connectivity index (χ4v) is 0. The lowest BCUT2D eigenvalue weighted by Crippen LogP contribution is -1.74. The van der Waals surface area contributed by atoms with Gasteiger partial charge in [0.2, 0.25) is 7.03 Å². The Labute approximate surface area is 42.3 Å². The molecule has 0 saturated heterocycles. The predicted molar refractivity (Wildman–Crippen MR) is 29.2 cm³/mol. The normalized spacial score (nSPS) is 7.00. The average Bonchev–Trinajstić information content (AvgIpc) is 1.38. The molecule has 0 rings (SSSR count). The molecule has 0 bridgehead atoms. The van der Waals surface area contributed by atoms with Gasteiger partial charge in [-0.3, -0.25) is 0 Å². The molecule has 0 fully saturated rings. The first-order valence-corrected chi connectivity index (χ1v) is 4.85. The second kappa shape index (κ2) is 2.88. The minimum Gasteiger partial charge on any atom is -0.118 e. The summed E-state index contributed by atoms with van der Waals surface area (Å²) in [6.07, 6.45) is 0. The smallest absolute Gasteiger partial charge is 0.118 e. The van der Waals surface area contributed by atoms with Gasteiger partial charge in [0.25, 0.3) is 0 Å². The maximum atomic E-state index is 5.27. The predicted octanol–water partition coefficient (Wildman–Crippen LogP) is 1.36. The highest BCUT2D eigenvalue weighted by Gasteiger charge is 1.72. The molecular weight excluding hydrogens is 123 g/mol. The molecule has 0 aliphatic heterocycles. The molecule has 0 radical (unpaired) electrons. The van der Waals surface area contributed by atoms with Gasteiger partial charge in [-0.05, 0) is 6.92 Å². The molecule has 0 aromatic heterocycles. The zero-order valence-electron chi connectivity index (χ0n) is 2.83. The second-order valence-electron chi connectivity index (χ2n) is 0.578. The highest BCUT2D eigenvalue weighted by Crippen LogP contribution is 1.79. The molecule has 3 heteroatoms. The molecule has 0 spiro atoms. The minimum absolute atomic E-state index is 1.05. The summed E-state index contributed by atoms with van der Waals surface area (Å²) >= 11 is 10.5. The Hall–Kier alpha value is 0.667. The van der Waals surface area contributed by atoms with Crippen LogP contribution in [0.15, 0.2) is 0 Å². The van der Waals surface area contributed by atoms with E-state index in [-0.39, 0.29) is 0 Å². The van der Waals surface area contributed by atoms with Crippen LogP contribution < -0.4 is 0 Å². The van der Waals surface area contributed by atoms with Gasteiger partial charge in [-0.2, -0.15) is 0 Å². The van der Waals surface area contributed by atoms with E-state index in [4.69, 9.17) is 22.2 Å². The van der Waals surface area contributed by atoms with Crippen LogP contribution in [-0.2, 0) is 0 Å². The van der Waals surface area contributed by atoms with Gasteiger partial charge in [0, 0.05) is 0 Å². The number of hydrogen-bond donors (Lipinski definition) is 0. The molecule has 30 valence electrons. The van der Waals surface area contributed by atoms with Gasteiger partial charge in [-0.1, -0.05) is 5.67 Å². The average molecular weight is 127 g/mol. The Morgan fingerprint density at radius 2 is 1.80 bits per heavy atom. The van der Waals surface area contributed by atoms with Crippen LogP contribution in [0.2, 0.25) is 0 Å². The topological polar surface area (TPSA) is 0 Å². The van der Waals surface area contributed by atoms with Crippen LogP contribution >= 0.6 is 22.2 Å². The van der Waals surface area contributed by atoms with Crippen LogP contribution in [0.3, 0.4) is 0 Å². The van der Waals surface area contributed by atoms with Crippen LogP contribution in [0, 0.1) is 0 Å². The van der Waals surface area contributed by atoms with Gasteiger partial charge in [0.05, 0.1) is 0 Å². The van der Waals surface area contributed by atoms with Crippen LogP contribution in [0.5, 0.6) is 0 Å². The third kappa shape index (κ3) is 4.67. The molecule has 5 heavy (non-hydrogen) atoms. The van der Waals surface area contributed by atoms with E-state index in [0.717, 1.165) is 0 Å². The quantitative estimate of drug-likeness (QED) is 0.340. The molecule has 0 unspecified atom stereocenters. The fraction of sp³-hybridized carbons (Fsp3) is 0.500. The maximum Gasteiger partial charge on any atom is 0.228 e. The lowest BCUT2D eigenvalue weighted by atomic mass is 11.0. The van der Waals surface area contributed by atoms with Crippen LogP contribution in [0.4, 0.5) is 0 Å². The van der Waals surface area contributed by atoms with Crippen molar-refractivity contribution in [3.05, 3.63) is 0 Å². The van der Waals surface area contributed by atoms with E-state index in [1.807, 2.05) is 6.92 Å². The van der Waals surface area contributed by atoms with Crippen molar-refractivity contribution in [2.45, 2.75) is 6.92 Å². The largest absolute Gasteiger partial charge is 0.228 e. The first kappa shape index (κ1) is 5.67. The van der Waals surface area contributed by atoms with E-state index in [2.05, 4.69) is 0 Å². The molecule has 0 amide bonds. The first-order valence-electron chi connectivity index (χ1n) is 1.24. The Morgan fingerprint density at radius 3 is 1.80 bits per heavy atom. The third-order valence-electron chi connectivity index (χ3n) is 0.218. The zero-order valence-corrected chi connectivity index (χ0v) is 5.35. The maximum absolute atomic E-state index is 5.27. The summed E-state index contributed by atoms with van der Waals surface area (Å²) in [4.78, 5) is 0. The van der Waals surface area contributed by atoms with Crippen molar-refractivity contribution in [2.75, 3.05) is 0 Å². The van der Waals surface area contributed by atoms with Gasteiger partial charge in [-0.25, -0.2) is 0 Å². The second-order valence-corrected chi connectivity index (χ2v) is 4.76. The molecule has 0 atom stereocenters. The summed E-state index contributed by atoms with van der Waals surface area (Å²) in [5.41, 5.74) is 1.80. The van der Waals surface area contributed by atoms with E-state index in [0.29, 0.717) is 0 Å². The van der Waals surface area contributed by atoms with Crippen LogP contribution in [0.25, 0.3) is 0 Å². The molecule has 0 N–H and O–H groups in total. The fourth-order valence-electron chi connectivity index (χ4n) is 0. The summed E-state index contributed by atoms with van der Waals surface area (Å²) in [5.74, 6) is 0. The lowest BCUT2D eigenvalue weighted by molar-refractivity contribution is 2.13. The molecular formula is C2H4Cl2Si. The summed E-state index contributed by atoms with van der Waals surface area (Å²) in [7, 11) is -1.05. The Bertz CT molecular complexity index is 45.6. The first-order chi connectivity index (χ1) is 2.27. The molecule has 0 aromatic rings. The van der Waals surface area contributed by atoms with Gasteiger partial charge in [0.15, 0.2) is 0 Å². The van der Waals surface area contributed by atoms with E-state index >= 15 is 0 Å². The Kier molecular flexibility index (Phi) is 3.27. The van der Waals surface area contributed by atoms with E-state index in [1.165, 1.54) is 0 Å². The van der Waals surface area contributed by atoms with Crippen molar-refractivity contribution >= 4 is 34.9 Å². The number of halogens is 2. The van der Waals surface area contributed by atoms with E-state index < -0.39 is 7.03 Å². The molecule has 0 nitrogen and oxygen atoms in total. The summed E-state index contributed by atoms with van der Waals surface area (Å²) in [6.45, 7) is 1.86. The number of hydrogen-bond acceptors (Lipinski definition) is 0. The third-order valence-corrected chi connectivity index (χ3v) is 1.96. The summed E-state index contributed by atoms with van der Waals surface area (Å²) in [5, 5.41) is 0. The molecule has 0 heterocycles. The van der Waals surface area contributed by atoms with Crippen molar-refractivity contribution in [1.29, 1.82) is 0 Å². The standard InChI is InChI=1S/C2H4Cl2Si/c1-2-5(3)4/h2H,1H3. The SMILES string of the molecule is CC=[Si](Cl)Cl. The van der Waals surface area contributed by atoms with Gasteiger partial charge < -0.3 is 0 Å². The van der Waals surface area contributed by atoms with Crippen molar-refractivity contribution in [3.63, 3.8) is 0 Å². The monoisotopic (exact) mass is 126 g/mol. The lowest BCUT2D eigenvalue weighted by Gasteiger charge is -1.63. The molecule has 0 aromatic carbocycles. The van der Waals surface area contributed by atoms with Crippen LogP contribution in [0.1, 0.15) is 6.92 Å². The van der Waals surface area contributed by atoms with Gasteiger partial charge >= 0.3 is 0 Å². The highest BCUT2D eigenvalue weighted by molar-refractivity contribution is 7.34. The van der Waals surface area contributed by atoms with E-state index in [9.17, 15) is 0 Å². The van der Waals surface area contributed by atoms with Crippen molar-refractivity contribution < 1.29 is 0 Å². The molecule has 0 aliphatic rings. The summed E-state index contributed by atoms with van der Waals surface area (Å²) in [6, 6.07) is 0. The van der Waals surface area contributed by atoms with Crippen LogP contribution in [-0.4, -0.2) is 12.7 Å². The van der Waals surface area contributed by atoms with Crippen molar-refractivity contribution in [1.82, 2.24) is 0 Å².